The number of aromatic nitrogens is 1. The monoisotopic (exact) mass is 350 g/mol. The van der Waals surface area contributed by atoms with Gasteiger partial charge in [0.2, 0.25) is 5.91 Å². The van der Waals surface area contributed by atoms with E-state index < -0.39 is 5.41 Å². The van der Waals surface area contributed by atoms with Crippen molar-refractivity contribution in [1.82, 2.24) is 4.98 Å². The van der Waals surface area contributed by atoms with Crippen LogP contribution in [0.5, 0.6) is 5.75 Å². The molecule has 1 fully saturated rings. The van der Waals surface area contributed by atoms with Crippen molar-refractivity contribution in [1.29, 1.82) is 0 Å². The molecule has 26 heavy (non-hydrogen) atoms. The number of methoxy groups -OCH3 is 1. The molecule has 0 radical (unpaired) electrons. The Kier molecular flexibility index (Phi) is 4.39. The number of rotatable bonds is 4. The zero-order chi connectivity index (χ0) is 18.0. The summed E-state index contributed by atoms with van der Waals surface area (Å²) in [5.41, 5.74) is 2.24. The second kappa shape index (κ2) is 6.84. The van der Waals surface area contributed by atoms with Crippen molar-refractivity contribution in [3.05, 3.63) is 60.3 Å². The predicted octanol–water partition coefficient (Wildman–Crippen LogP) is 3.86. The highest BCUT2D eigenvalue weighted by Crippen LogP contribution is 2.37. The Bertz CT molecular complexity index is 908. The number of aromatic amines is 1. The average molecular weight is 350 g/mol. The molecule has 2 heterocycles. The number of carbonyl (C=O) groups excluding carboxylic acids is 1. The summed E-state index contributed by atoms with van der Waals surface area (Å²) >= 11 is 0. The molecule has 0 saturated carbocycles. The molecule has 1 amide bonds. The molecule has 1 saturated heterocycles. The van der Waals surface area contributed by atoms with Gasteiger partial charge in [0, 0.05) is 30.3 Å². The van der Waals surface area contributed by atoms with E-state index in [4.69, 9.17) is 9.47 Å². The minimum Gasteiger partial charge on any atom is -0.497 e. The fourth-order valence-electron chi connectivity index (χ4n) is 3.71. The van der Waals surface area contributed by atoms with Crippen LogP contribution in [0.15, 0.2) is 54.7 Å². The van der Waals surface area contributed by atoms with Crippen LogP contribution in [0.25, 0.3) is 10.9 Å². The smallest absolute Gasteiger partial charge is 0.235 e. The molecule has 2 N–H and O–H groups in total. The molecule has 3 aromatic rings. The van der Waals surface area contributed by atoms with Gasteiger partial charge in [-0.3, -0.25) is 4.79 Å². The molecule has 0 atom stereocenters. The summed E-state index contributed by atoms with van der Waals surface area (Å²) in [6, 6.07) is 15.7. The molecule has 1 aliphatic heterocycles. The van der Waals surface area contributed by atoms with Gasteiger partial charge in [-0.25, -0.2) is 0 Å². The molecule has 5 heteroatoms. The Hall–Kier alpha value is -2.79. The summed E-state index contributed by atoms with van der Waals surface area (Å²) in [6.07, 6.45) is 3.20. The maximum Gasteiger partial charge on any atom is 0.235 e. The highest BCUT2D eigenvalue weighted by molar-refractivity contribution is 6.05. The molecule has 0 aliphatic carbocycles. The molecule has 134 valence electrons. The Balaban J connectivity index is 1.69. The molecule has 0 bridgehead atoms. The number of benzene rings is 2. The van der Waals surface area contributed by atoms with Crippen LogP contribution in [-0.4, -0.2) is 31.2 Å². The van der Waals surface area contributed by atoms with E-state index in [1.807, 2.05) is 54.7 Å². The molecule has 1 aromatic heterocycles. The topological polar surface area (TPSA) is 63.3 Å². The molecular weight excluding hydrogens is 328 g/mol. The van der Waals surface area contributed by atoms with E-state index in [2.05, 4.69) is 10.3 Å². The van der Waals surface area contributed by atoms with Crippen molar-refractivity contribution in [2.75, 3.05) is 25.6 Å². The van der Waals surface area contributed by atoms with Gasteiger partial charge in [0.15, 0.2) is 0 Å². The third kappa shape index (κ3) is 2.84. The minimum absolute atomic E-state index is 0.0136. The van der Waals surface area contributed by atoms with Crippen LogP contribution in [0.2, 0.25) is 0 Å². The Morgan fingerprint density at radius 3 is 2.62 bits per heavy atom. The largest absolute Gasteiger partial charge is 0.497 e. The van der Waals surface area contributed by atoms with Crippen molar-refractivity contribution < 1.29 is 14.3 Å². The summed E-state index contributed by atoms with van der Waals surface area (Å²) in [6.45, 7) is 1.15. The van der Waals surface area contributed by atoms with Crippen molar-refractivity contribution in [3.63, 3.8) is 0 Å². The Morgan fingerprint density at radius 1 is 1.12 bits per heavy atom. The number of nitrogens with one attached hydrogen (secondary N) is 2. The van der Waals surface area contributed by atoms with E-state index in [0.29, 0.717) is 26.1 Å². The molecule has 5 nitrogen and oxygen atoms in total. The lowest BCUT2D eigenvalue weighted by Gasteiger charge is -2.36. The number of anilines is 1. The number of hydrogen-bond acceptors (Lipinski definition) is 3. The predicted molar refractivity (Wildman–Crippen MR) is 102 cm³/mol. The minimum atomic E-state index is -0.594. The fourth-order valence-corrected chi connectivity index (χ4v) is 3.71. The van der Waals surface area contributed by atoms with E-state index >= 15 is 0 Å². The van der Waals surface area contributed by atoms with Gasteiger partial charge in [0.25, 0.3) is 0 Å². The average Bonchev–Trinajstić information content (AvgIpc) is 3.18. The van der Waals surface area contributed by atoms with Gasteiger partial charge in [-0.05, 0) is 48.7 Å². The maximum atomic E-state index is 13.4. The van der Waals surface area contributed by atoms with Crippen molar-refractivity contribution in [2.24, 2.45) is 0 Å². The number of ether oxygens (including phenoxy) is 2. The van der Waals surface area contributed by atoms with Gasteiger partial charge in [-0.2, -0.15) is 0 Å². The first-order chi connectivity index (χ1) is 12.7. The van der Waals surface area contributed by atoms with Gasteiger partial charge >= 0.3 is 0 Å². The molecule has 4 rings (SSSR count). The molecule has 1 aliphatic rings. The maximum absolute atomic E-state index is 13.4. The van der Waals surface area contributed by atoms with Crippen molar-refractivity contribution in [3.8, 4) is 5.75 Å². The van der Waals surface area contributed by atoms with E-state index in [1.54, 1.807) is 7.11 Å². The van der Waals surface area contributed by atoms with Crippen molar-refractivity contribution >= 4 is 22.5 Å². The van der Waals surface area contributed by atoms with E-state index in [9.17, 15) is 4.79 Å². The van der Waals surface area contributed by atoms with Gasteiger partial charge < -0.3 is 19.8 Å². The first-order valence-corrected chi connectivity index (χ1v) is 8.83. The summed E-state index contributed by atoms with van der Waals surface area (Å²) in [7, 11) is 1.64. The molecule has 0 unspecified atom stereocenters. The number of H-pyrrole nitrogens is 1. The van der Waals surface area contributed by atoms with Gasteiger partial charge in [0.1, 0.15) is 5.75 Å². The zero-order valence-electron chi connectivity index (χ0n) is 14.7. The first-order valence-electron chi connectivity index (χ1n) is 8.83. The Morgan fingerprint density at radius 2 is 1.88 bits per heavy atom. The third-order valence-corrected chi connectivity index (χ3v) is 5.27. The number of amides is 1. The lowest BCUT2D eigenvalue weighted by atomic mass is 9.73. The number of carbonyl (C=O) groups is 1. The summed E-state index contributed by atoms with van der Waals surface area (Å²) in [5, 5.41) is 4.17. The van der Waals surface area contributed by atoms with Gasteiger partial charge in [0.05, 0.1) is 18.2 Å². The highest BCUT2D eigenvalue weighted by atomic mass is 16.5. The first kappa shape index (κ1) is 16.7. The van der Waals surface area contributed by atoms with Crippen LogP contribution in [0.4, 0.5) is 5.69 Å². The highest BCUT2D eigenvalue weighted by Gasteiger charge is 2.41. The van der Waals surface area contributed by atoms with E-state index in [1.165, 1.54) is 0 Å². The van der Waals surface area contributed by atoms with Crippen LogP contribution >= 0.6 is 0 Å². The zero-order valence-corrected chi connectivity index (χ0v) is 14.7. The SMILES string of the molecule is COc1ccc(C2(C(=O)Nc3cccc4[nH]ccc34)CCOCC2)cc1. The number of hydrogen-bond donors (Lipinski definition) is 2. The standard InChI is InChI=1S/C21H22N2O3/c1-25-16-7-5-15(6-8-16)21(10-13-26-14-11-21)20(24)23-19-4-2-3-18-17(19)9-12-22-18/h2-9,12,22H,10-11,13-14H2,1H3,(H,23,24). The molecular formula is C21H22N2O3. The van der Waals surface area contributed by atoms with E-state index in [0.717, 1.165) is 27.9 Å². The lowest BCUT2D eigenvalue weighted by molar-refractivity contribution is -0.125. The van der Waals surface area contributed by atoms with Crippen molar-refractivity contribution in [2.45, 2.75) is 18.3 Å². The van der Waals surface area contributed by atoms with Gasteiger partial charge in [-0.1, -0.05) is 18.2 Å². The summed E-state index contributed by atoms with van der Waals surface area (Å²) in [4.78, 5) is 16.6. The number of fused-ring (bicyclic) bond motifs is 1. The Labute approximate surface area is 152 Å². The molecule has 0 spiro atoms. The molecule has 2 aromatic carbocycles. The van der Waals surface area contributed by atoms with Crippen LogP contribution < -0.4 is 10.1 Å². The normalized spacial score (nSPS) is 16.3. The fraction of sp³-hybridized carbons (Fsp3) is 0.286. The van der Waals surface area contributed by atoms with E-state index in [-0.39, 0.29) is 5.91 Å². The van der Waals surface area contributed by atoms with Crippen LogP contribution in [0.3, 0.4) is 0 Å². The summed E-state index contributed by atoms with van der Waals surface area (Å²) in [5.74, 6) is 0.799. The second-order valence-electron chi connectivity index (χ2n) is 6.62. The summed E-state index contributed by atoms with van der Waals surface area (Å²) < 4.78 is 10.8. The van der Waals surface area contributed by atoms with Crippen LogP contribution in [-0.2, 0) is 14.9 Å². The van der Waals surface area contributed by atoms with Crippen LogP contribution in [0, 0.1) is 0 Å². The second-order valence-corrected chi connectivity index (χ2v) is 6.62. The lowest BCUT2D eigenvalue weighted by Crippen LogP contribution is -2.44. The third-order valence-electron chi connectivity index (χ3n) is 5.27. The van der Waals surface area contributed by atoms with Crippen LogP contribution in [0.1, 0.15) is 18.4 Å². The van der Waals surface area contributed by atoms with Gasteiger partial charge in [-0.15, -0.1) is 0 Å². The quantitative estimate of drug-likeness (QED) is 0.751.